The van der Waals surface area contributed by atoms with E-state index in [2.05, 4.69) is 5.32 Å². The zero-order chi connectivity index (χ0) is 58.2. The highest BCUT2D eigenvalue weighted by Gasteiger charge is 2.47. The van der Waals surface area contributed by atoms with Crippen LogP contribution in [0, 0.1) is 0 Å². The van der Waals surface area contributed by atoms with Gasteiger partial charge in [-0.15, -0.1) is 0 Å². The average molecular weight is 1190 g/mol. The van der Waals surface area contributed by atoms with Gasteiger partial charge in [0.25, 0.3) is 0 Å². The molecule has 5 amide bonds. The molecule has 4 unspecified atom stereocenters. The van der Waals surface area contributed by atoms with Crippen molar-refractivity contribution in [1.82, 2.24) is 29.8 Å². The number of hydrogen-bond donors (Lipinski definition) is 2. The van der Waals surface area contributed by atoms with Gasteiger partial charge in [0.2, 0.25) is 5.91 Å². The number of carbonyl (C=O) groups is 3. The second kappa shape index (κ2) is 26.9. The molecule has 10 rings (SSSR count). The number of nitrogens with zero attached hydrogens (tertiary/aromatic N) is 7. The molecular weight excluding hydrogens is 1120 g/mol. The number of amides is 5. The number of carbonyl (C=O) groups excluding carboxylic acids is 3. The highest BCUT2D eigenvalue weighted by molar-refractivity contribution is 6.31. The van der Waals surface area contributed by atoms with E-state index in [0.717, 1.165) is 40.9 Å². The fourth-order valence-corrected chi connectivity index (χ4v) is 11.0. The molecule has 16 nitrogen and oxygen atoms in total. The number of benzene rings is 6. The number of rotatable bonds is 13. The lowest BCUT2D eigenvalue weighted by Gasteiger charge is -2.39. The van der Waals surface area contributed by atoms with Crippen molar-refractivity contribution in [2.75, 3.05) is 73.1 Å². The molecule has 4 aliphatic rings. The van der Waals surface area contributed by atoms with Crippen molar-refractivity contribution in [2.45, 2.75) is 64.1 Å². The maximum Gasteiger partial charge on any atom is 0.326 e. The number of halogens is 4. The number of amidine groups is 2. The van der Waals surface area contributed by atoms with Gasteiger partial charge in [-0.1, -0.05) is 94.9 Å². The number of urea groups is 2. The van der Waals surface area contributed by atoms with Crippen molar-refractivity contribution in [3.63, 3.8) is 0 Å². The molecule has 4 atom stereocenters. The standard InChI is InChI=1S/C32H35Cl2N5O4.C30H32Cl2N4O3/c1-20(2)43-27-18-25(42-3)12-13-26(27)31-36-29(21-4-8-23(33)9-5-21)30(22-6-10-24(34)11-7-22)39(31)32(41)38-16-14-37(15-17-38)28(40)19-35;1-19(2)39-26-18-24(38-3)12-13-25(26)29-34-27(20-4-8-22(31)9-5-20)28(21-6-10-23(32)11-7-21)36(29)30(37)35-16-14-33-15-17-35/h4-13,18,20,29-30H,14-17,19,35H2,1-3H3;4-13,18-19,27-28,33H,14-17H2,1-3H3. The van der Waals surface area contributed by atoms with E-state index in [4.69, 9.17) is 81.1 Å². The van der Waals surface area contributed by atoms with E-state index in [-0.39, 0.29) is 42.8 Å². The van der Waals surface area contributed by atoms with Crippen LogP contribution in [0.5, 0.6) is 23.0 Å². The molecule has 0 saturated carbocycles. The molecule has 20 heteroatoms. The smallest absolute Gasteiger partial charge is 0.326 e. The summed E-state index contributed by atoms with van der Waals surface area (Å²) in [5, 5.41) is 5.80. The summed E-state index contributed by atoms with van der Waals surface area (Å²) >= 11 is 25.0. The van der Waals surface area contributed by atoms with Crippen molar-refractivity contribution in [1.29, 1.82) is 0 Å². The van der Waals surface area contributed by atoms with Crippen LogP contribution in [0.25, 0.3) is 0 Å². The minimum absolute atomic E-state index is 0.0611. The van der Waals surface area contributed by atoms with Gasteiger partial charge in [0.15, 0.2) is 0 Å². The summed E-state index contributed by atoms with van der Waals surface area (Å²) in [4.78, 5) is 60.6. The predicted molar refractivity (Wildman–Crippen MR) is 323 cm³/mol. The minimum atomic E-state index is -0.501. The number of piperazine rings is 2. The molecule has 4 heterocycles. The van der Waals surface area contributed by atoms with Crippen molar-refractivity contribution in [3.05, 3.63) is 187 Å². The maximum atomic E-state index is 14.6. The quantitative estimate of drug-likeness (QED) is 0.114. The van der Waals surface area contributed by atoms with E-state index in [0.29, 0.717) is 99.6 Å². The van der Waals surface area contributed by atoms with Crippen molar-refractivity contribution >= 4 is 76.0 Å². The largest absolute Gasteiger partial charge is 0.497 e. The zero-order valence-corrected chi connectivity index (χ0v) is 49.6. The molecule has 6 aromatic rings. The normalized spacial score (nSPS) is 18.9. The second-order valence-corrected chi connectivity index (χ2v) is 22.3. The highest BCUT2D eigenvalue weighted by atomic mass is 35.5. The minimum Gasteiger partial charge on any atom is -0.497 e. The number of aliphatic imine (C=N–C) groups is 2. The fraction of sp³-hybridized carbons (Fsp3) is 0.339. The van der Waals surface area contributed by atoms with Gasteiger partial charge in [0, 0.05) is 84.6 Å². The Hall–Kier alpha value is -7.05. The molecule has 82 heavy (non-hydrogen) atoms. The third-order valence-corrected chi connectivity index (χ3v) is 15.4. The van der Waals surface area contributed by atoms with Crippen molar-refractivity contribution < 1.29 is 33.3 Å². The molecular formula is C62H67Cl4N9O7. The van der Waals surface area contributed by atoms with Crippen molar-refractivity contribution in [2.24, 2.45) is 15.7 Å². The van der Waals surface area contributed by atoms with Crippen LogP contribution < -0.4 is 30.0 Å². The van der Waals surface area contributed by atoms with E-state index in [1.165, 1.54) is 0 Å². The zero-order valence-electron chi connectivity index (χ0n) is 46.6. The van der Waals surface area contributed by atoms with Gasteiger partial charge in [-0.05, 0) is 123 Å². The predicted octanol–water partition coefficient (Wildman–Crippen LogP) is 11.9. The third-order valence-electron chi connectivity index (χ3n) is 14.4. The van der Waals surface area contributed by atoms with Gasteiger partial charge < -0.3 is 44.7 Å². The molecule has 0 aromatic heterocycles. The van der Waals surface area contributed by atoms with E-state index in [9.17, 15) is 14.4 Å². The first-order chi connectivity index (χ1) is 39.5. The van der Waals surface area contributed by atoms with Crippen molar-refractivity contribution in [3.8, 4) is 23.0 Å². The number of nitrogens with one attached hydrogen (secondary N) is 1. The Morgan fingerprint density at radius 2 is 0.854 bits per heavy atom. The summed E-state index contributed by atoms with van der Waals surface area (Å²) in [6.07, 6.45) is -0.224. The molecule has 0 bridgehead atoms. The lowest BCUT2D eigenvalue weighted by Crippen LogP contribution is -2.55. The number of nitrogens with two attached hydrogens (primary N) is 1. The first-order valence-electron chi connectivity index (χ1n) is 27.3. The Kier molecular flexibility index (Phi) is 19.5. The molecule has 4 aliphatic heterocycles. The first-order valence-corrected chi connectivity index (χ1v) is 28.8. The van der Waals surface area contributed by atoms with Crippen LogP contribution in [0.3, 0.4) is 0 Å². The molecule has 0 aliphatic carbocycles. The summed E-state index contributed by atoms with van der Waals surface area (Å²) in [6.45, 7) is 12.0. The van der Waals surface area contributed by atoms with Crippen LogP contribution in [-0.2, 0) is 4.79 Å². The van der Waals surface area contributed by atoms with E-state index < -0.39 is 18.1 Å². The Balaban J connectivity index is 0.000000198. The highest BCUT2D eigenvalue weighted by Crippen LogP contribution is 2.48. The van der Waals surface area contributed by atoms with Gasteiger partial charge in [0.05, 0.1) is 56.2 Å². The van der Waals surface area contributed by atoms with Gasteiger partial charge in [-0.2, -0.15) is 0 Å². The summed E-state index contributed by atoms with van der Waals surface area (Å²) in [7, 11) is 3.22. The van der Waals surface area contributed by atoms with Gasteiger partial charge in [-0.3, -0.25) is 24.6 Å². The van der Waals surface area contributed by atoms with E-state index in [1.807, 2.05) is 171 Å². The monoisotopic (exact) mass is 1190 g/mol. The molecule has 430 valence electrons. The topological polar surface area (TPSA) is 167 Å². The van der Waals surface area contributed by atoms with E-state index in [1.54, 1.807) is 28.9 Å². The number of ether oxygens (including phenoxy) is 4. The first kappa shape index (κ1) is 59.6. The molecule has 0 radical (unpaired) electrons. The molecule has 2 saturated heterocycles. The summed E-state index contributed by atoms with van der Waals surface area (Å²) in [6, 6.07) is 39.3. The Morgan fingerprint density at radius 1 is 0.512 bits per heavy atom. The molecule has 2 fully saturated rings. The Labute approximate surface area is 499 Å². The number of hydrogen-bond acceptors (Lipinski definition) is 11. The molecule has 0 spiro atoms. The Morgan fingerprint density at radius 3 is 1.20 bits per heavy atom. The second-order valence-electron chi connectivity index (χ2n) is 20.6. The van der Waals surface area contributed by atoms with Crippen LogP contribution in [0.15, 0.2) is 143 Å². The maximum absolute atomic E-state index is 14.6. The van der Waals surface area contributed by atoms with Crippen LogP contribution in [-0.4, -0.2) is 139 Å². The van der Waals surface area contributed by atoms with Crippen LogP contribution >= 0.6 is 46.4 Å². The van der Waals surface area contributed by atoms with Gasteiger partial charge in [-0.25, -0.2) is 9.59 Å². The lowest BCUT2D eigenvalue weighted by molar-refractivity contribution is -0.131. The van der Waals surface area contributed by atoms with Crippen LogP contribution in [0.4, 0.5) is 9.59 Å². The summed E-state index contributed by atoms with van der Waals surface area (Å²) in [5.74, 6) is 3.34. The third kappa shape index (κ3) is 13.5. The fourth-order valence-electron chi connectivity index (χ4n) is 10.5. The van der Waals surface area contributed by atoms with Crippen LogP contribution in [0.2, 0.25) is 20.1 Å². The molecule has 6 aromatic carbocycles. The summed E-state index contributed by atoms with van der Waals surface area (Å²) in [5.41, 5.74) is 10.6. The average Bonchev–Trinajstić information content (AvgIpc) is 4.22. The number of methoxy groups -OCH3 is 2. The van der Waals surface area contributed by atoms with Gasteiger partial charge >= 0.3 is 12.1 Å². The van der Waals surface area contributed by atoms with E-state index >= 15 is 0 Å². The van der Waals surface area contributed by atoms with Gasteiger partial charge in [0.1, 0.15) is 46.8 Å². The lowest BCUT2D eigenvalue weighted by atomic mass is 9.93. The summed E-state index contributed by atoms with van der Waals surface area (Å²) < 4.78 is 23.4. The SMILES string of the molecule is COc1ccc(C2=NC(c3ccc(Cl)cc3)C(c3ccc(Cl)cc3)N2C(=O)N2CCN(C(=O)CN)CC2)c(OC(C)C)c1.COc1ccc(C2=NC(c3ccc(Cl)cc3)C(c3ccc(Cl)cc3)N2C(=O)N2CCNCC2)c(OC(C)C)c1. The van der Waals surface area contributed by atoms with Crippen LogP contribution in [0.1, 0.15) is 85.2 Å². The Bertz CT molecular complexity index is 3260. The molecule has 3 N–H and O–H groups in total.